The molecule has 0 radical (unpaired) electrons. The van der Waals surface area contributed by atoms with Gasteiger partial charge in [0.15, 0.2) is 0 Å². The van der Waals surface area contributed by atoms with E-state index in [0.29, 0.717) is 27.7 Å². The SMILES string of the molecule is Nc1cc2c(=O)[nH]n(Cc3ccc(Cl)cc3)c2cc1Cl. The van der Waals surface area contributed by atoms with Gasteiger partial charge in [0.1, 0.15) is 0 Å². The highest BCUT2D eigenvalue weighted by atomic mass is 35.5. The van der Waals surface area contributed by atoms with Crippen molar-refractivity contribution in [1.82, 2.24) is 9.78 Å². The highest BCUT2D eigenvalue weighted by molar-refractivity contribution is 6.33. The first-order valence-electron chi connectivity index (χ1n) is 5.96. The number of H-pyrrole nitrogens is 1. The lowest BCUT2D eigenvalue weighted by Gasteiger charge is -2.06. The molecule has 0 saturated carbocycles. The molecule has 2 aromatic carbocycles. The second-order valence-corrected chi connectivity index (χ2v) is 5.39. The highest BCUT2D eigenvalue weighted by Gasteiger charge is 2.10. The minimum Gasteiger partial charge on any atom is -0.398 e. The number of anilines is 1. The van der Waals surface area contributed by atoms with Crippen molar-refractivity contribution in [2.45, 2.75) is 6.54 Å². The summed E-state index contributed by atoms with van der Waals surface area (Å²) in [4.78, 5) is 11.9. The van der Waals surface area contributed by atoms with E-state index in [2.05, 4.69) is 5.10 Å². The summed E-state index contributed by atoms with van der Waals surface area (Å²) in [6.45, 7) is 0.524. The largest absolute Gasteiger partial charge is 0.398 e. The predicted molar refractivity (Wildman–Crippen MR) is 82.5 cm³/mol. The second kappa shape index (κ2) is 4.89. The first kappa shape index (κ1) is 13.1. The molecule has 20 heavy (non-hydrogen) atoms. The summed E-state index contributed by atoms with van der Waals surface area (Å²) in [5.41, 5.74) is 7.69. The van der Waals surface area contributed by atoms with Crippen LogP contribution >= 0.6 is 23.2 Å². The average molecular weight is 308 g/mol. The fraction of sp³-hybridized carbons (Fsp3) is 0.0714. The third-order valence-electron chi connectivity index (χ3n) is 3.14. The number of hydrogen-bond acceptors (Lipinski definition) is 2. The summed E-state index contributed by atoms with van der Waals surface area (Å²) in [7, 11) is 0. The van der Waals surface area contributed by atoms with E-state index in [1.165, 1.54) is 0 Å². The Balaban J connectivity index is 2.10. The standard InChI is InChI=1S/C14H11Cl2N3O/c15-9-3-1-8(2-4-9)7-19-13-6-11(16)12(17)5-10(13)14(20)18-19/h1-6H,7,17H2,(H,18,20). The van der Waals surface area contributed by atoms with Crippen LogP contribution in [0, 0.1) is 0 Å². The van der Waals surface area contributed by atoms with Crippen molar-refractivity contribution in [2.24, 2.45) is 0 Å². The van der Waals surface area contributed by atoms with Gasteiger partial charge in [-0.25, -0.2) is 0 Å². The molecule has 0 bridgehead atoms. The highest BCUT2D eigenvalue weighted by Crippen LogP contribution is 2.24. The van der Waals surface area contributed by atoms with Crippen molar-refractivity contribution >= 4 is 39.8 Å². The van der Waals surface area contributed by atoms with E-state index >= 15 is 0 Å². The lowest BCUT2D eigenvalue weighted by molar-refractivity contribution is 0.703. The van der Waals surface area contributed by atoms with Crippen LogP contribution in [0.15, 0.2) is 41.2 Å². The van der Waals surface area contributed by atoms with E-state index in [4.69, 9.17) is 28.9 Å². The Kier molecular flexibility index (Phi) is 3.20. The summed E-state index contributed by atoms with van der Waals surface area (Å²) in [5.74, 6) is 0. The summed E-state index contributed by atoms with van der Waals surface area (Å²) in [5, 5.41) is 4.42. The molecule has 6 heteroatoms. The van der Waals surface area contributed by atoms with E-state index in [-0.39, 0.29) is 5.56 Å². The monoisotopic (exact) mass is 307 g/mol. The van der Waals surface area contributed by atoms with Crippen LogP contribution in [-0.4, -0.2) is 9.78 Å². The number of fused-ring (bicyclic) bond motifs is 1. The Bertz CT molecular complexity index is 834. The molecule has 102 valence electrons. The van der Waals surface area contributed by atoms with E-state index < -0.39 is 0 Å². The Morgan fingerprint density at radius 1 is 1.15 bits per heavy atom. The summed E-state index contributed by atoms with van der Waals surface area (Å²) in [6.07, 6.45) is 0. The van der Waals surface area contributed by atoms with Gasteiger partial charge < -0.3 is 5.73 Å². The van der Waals surface area contributed by atoms with Crippen molar-refractivity contribution in [1.29, 1.82) is 0 Å². The van der Waals surface area contributed by atoms with Crippen LogP contribution in [0.25, 0.3) is 10.9 Å². The minimum absolute atomic E-state index is 0.183. The quantitative estimate of drug-likeness (QED) is 0.714. The van der Waals surface area contributed by atoms with E-state index in [1.807, 2.05) is 24.3 Å². The van der Waals surface area contributed by atoms with Crippen molar-refractivity contribution in [3.05, 3.63) is 62.4 Å². The lowest BCUT2D eigenvalue weighted by Crippen LogP contribution is -2.06. The van der Waals surface area contributed by atoms with Gasteiger partial charge in [-0.2, -0.15) is 0 Å². The number of aromatic nitrogens is 2. The molecule has 3 rings (SSSR count). The van der Waals surface area contributed by atoms with Crippen molar-refractivity contribution in [2.75, 3.05) is 5.73 Å². The fourth-order valence-electron chi connectivity index (χ4n) is 2.12. The van der Waals surface area contributed by atoms with Gasteiger partial charge in [0.05, 0.1) is 28.2 Å². The number of hydrogen-bond donors (Lipinski definition) is 2. The molecule has 3 aromatic rings. The molecule has 0 aliphatic carbocycles. The zero-order chi connectivity index (χ0) is 14.3. The molecule has 3 N–H and O–H groups in total. The van der Waals surface area contributed by atoms with E-state index in [0.717, 1.165) is 11.1 Å². The van der Waals surface area contributed by atoms with Gasteiger partial charge in [0, 0.05) is 5.02 Å². The predicted octanol–water partition coefficient (Wildman–Crippen LogP) is 3.27. The van der Waals surface area contributed by atoms with Crippen molar-refractivity contribution in [3.63, 3.8) is 0 Å². The number of nitrogens with two attached hydrogens (primary N) is 1. The Morgan fingerprint density at radius 3 is 2.55 bits per heavy atom. The third-order valence-corrected chi connectivity index (χ3v) is 3.72. The van der Waals surface area contributed by atoms with Gasteiger partial charge in [-0.05, 0) is 29.8 Å². The van der Waals surface area contributed by atoms with E-state index in [1.54, 1.807) is 16.8 Å². The molecule has 4 nitrogen and oxygen atoms in total. The Hall–Kier alpha value is -1.91. The maximum atomic E-state index is 11.9. The molecule has 0 aliphatic rings. The van der Waals surface area contributed by atoms with Gasteiger partial charge >= 0.3 is 0 Å². The molecule has 0 spiro atoms. The first-order valence-corrected chi connectivity index (χ1v) is 6.72. The average Bonchev–Trinajstić information content (AvgIpc) is 2.70. The van der Waals surface area contributed by atoms with Gasteiger partial charge in [-0.3, -0.25) is 14.6 Å². The van der Waals surface area contributed by atoms with Crippen LogP contribution in [0.2, 0.25) is 10.0 Å². The maximum Gasteiger partial charge on any atom is 0.272 e. The topological polar surface area (TPSA) is 63.8 Å². The van der Waals surface area contributed by atoms with Crippen LogP contribution in [0.4, 0.5) is 5.69 Å². The zero-order valence-corrected chi connectivity index (χ0v) is 11.9. The smallest absolute Gasteiger partial charge is 0.272 e. The number of benzene rings is 2. The number of rotatable bonds is 2. The maximum absolute atomic E-state index is 11.9. The molecule has 0 saturated heterocycles. The fourth-order valence-corrected chi connectivity index (χ4v) is 2.41. The molecule has 0 atom stereocenters. The van der Waals surface area contributed by atoms with Crippen molar-refractivity contribution in [3.8, 4) is 0 Å². The molecular formula is C14H11Cl2N3O. The molecule has 0 aliphatic heterocycles. The molecular weight excluding hydrogens is 297 g/mol. The number of aromatic amines is 1. The molecule has 0 amide bonds. The van der Waals surface area contributed by atoms with Crippen LogP contribution in [0.3, 0.4) is 0 Å². The summed E-state index contributed by atoms with van der Waals surface area (Å²) >= 11 is 11.9. The minimum atomic E-state index is -0.183. The number of nitrogens with zero attached hydrogens (tertiary/aromatic N) is 1. The van der Waals surface area contributed by atoms with Crippen molar-refractivity contribution < 1.29 is 0 Å². The van der Waals surface area contributed by atoms with Gasteiger partial charge in [-0.1, -0.05) is 35.3 Å². The van der Waals surface area contributed by atoms with Gasteiger partial charge in [-0.15, -0.1) is 0 Å². The third kappa shape index (κ3) is 2.28. The number of nitrogens with one attached hydrogen (secondary N) is 1. The molecule has 0 unspecified atom stereocenters. The summed E-state index contributed by atoms with van der Waals surface area (Å²) in [6, 6.07) is 10.7. The Labute approximate surface area is 124 Å². The normalized spacial score (nSPS) is 11.1. The second-order valence-electron chi connectivity index (χ2n) is 4.54. The van der Waals surface area contributed by atoms with Crippen LogP contribution in [0.5, 0.6) is 0 Å². The molecule has 1 aromatic heterocycles. The van der Waals surface area contributed by atoms with Crippen LogP contribution < -0.4 is 11.3 Å². The molecule has 0 fully saturated rings. The zero-order valence-electron chi connectivity index (χ0n) is 10.4. The van der Waals surface area contributed by atoms with Gasteiger partial charge in [0.2, 0.25) is 0 Å². The number of nitrogen functional groups attached to an aromatic ring is 1. The van der Waals surface area contributed by atoms with Gasteiger partial charge in [0.25, 0.3) is 5.56 Å². The Morgan fingerprint density at radius 2 is 1.85 bits per heavy atom. The molecule has 1 heterocycles. The lowest BCUT2D eigenvalue weighted by atomic mass is 10.2. The van der Waals surface area contributed by atoms with Crippen LogP contribution in [0.1, 0.15) is 5.56 Å². The first-order chi connectivity index (χ1) is 9.54. The number of halogens is 2. The van der Waals surface area contributed by atoms with E-state index in [9.17, 15) is 4.79 Å². The van der Waals surface area contributed by atoms with Crippen LogP contribution in [-0.2, 0) is 6.54 Å². The summed E-state index contributed by atoms with van der Waals surface area (Å²) < 4.78 is 1.74.